The normalized spacial score (nSPS) is 21.1. The summed E-state index contributed by atoms with van der Waals surface area (Å²) in [6.45, 7) is 5.35. The fraction of sp³-hybridized carbons (Fsp3) is 0.714. The van der Waals surface area contributed by atoms with Gasteiger partial charge in [0.25, 0.3) is 0 Å². The molecule has 1 heterocycles. The average Bonchev–Trinajstić information content (AvgIpc) is 3.29. The number of aryl methyl sites for hydroxylation is 1. The third-order valence-electron chi connectivity index (χ3n) is 4.15. The summed E-state index contributed by atoms with van der Waals surface area (Å²) in [5.41, 5.74) is 0.188. The molecule has 0 radical (unpaired) electrons. The third-order valence-corrected chi connectivity index (χ3v) is 6.85. The van der Waals surface area contributed by atoms with Crippen molar-refractivity contribution in [2.45, 2.75) is 57.0 Å². The first kappa shape index (κ1) is 14.5. The van der Waals surface area contributed by atoms with Crippen LogP contribution in [0, 0.1) is 12.3 Å². The van der Waals surface area contributed by atoms with Gasteiger partial charge in [-0.2, -0.15) is 0 Å². The highest BCUT2D eigenvalue weighted by Gasteiger charge is 2.38. The van der Waals surface area contributed by atoms with Gasteiger partial charge >= 0.3 is 0 Å². The SMILES string of the molecule is Cc1sc(CNC2CC2)cc1S(=O)(=O)NCC1(C)CC1. The molecule has 0 unspecified atom stereocenters. The summed E-state index contributed by atoms with van der Waals surface area (Å²) in [7, 11) is -3.35. The van der Waals surface area contributed by atoms with Crippen LogP contribution < -0.4 is 10.0 Å². The van der Waals surface area contributed by atoms with Crippen LogP contribution in [0.4, 0.5) is 0 Å². The van der Waals surface area contributed by atoms with Crippen molar-refractivity contribution in [2.75, 3.05) is 6.54 Å². The molecule has 0 amide bonds. The van der Waals surface area contributed by atoms with Crippen LogP contribution in [-0.4, -0.2) is 21.0 Å². The van der Waals surface area contributed by atoms with Crippen molar-refractivity contribution in [3.63, 3.8) is 0 Å². The molecular weight excluding hydrogens is 292 g/mol. The lowest BCUT2D eigenvalue weighted by Crippen LogP contribution is -2.29. The van der Waals surface area contributed by atoms with Crippen LogP contribution in [-0.2, 0) is 16.6 Å². The molecule has 0 aromatic carbocycles. The largest absolute Gasteiger partial charge is 0.309 e. The van der Waals surface area contributed by atoms with Crippen molar-refractivity contribution in [1.82, 2.24) is 10.0 Å². The van der Waals surface area contributed by atoms with E-state index in [-0.39, 0.29) is 5.41 Å². The molecule has 112 valence electrons. The maximum atomic E-state index is 12.4. The molecule has 0 saturated heterocycles. The summed E-state index contributed by atoms with van der Waals surface area (Å²) < 4.78 is 27.5. The van der Waals surface area contributed by atoms with Crippen LogP contribution in [0.15, 0.2) is 11.0 Å². The van der Waals surface area contributed by atoms with Crippen LogP contribution in [0.3, 0.4) is 0 Å². The van der Waals surface area contributed by atoms with Crippen LogP contribution >= 0.6 is 11.3 Å². The van der Waals surface area contributed by atoms with Gasteiger partial charge in [0.15, 0.2) is 0 Å². The Morgan fingerprint density at radius 3 is 2.70 bits per heavy atom. The summed E-state index contributed by atoms with van der Waals surface area (Å²) in [5.74, 6) is 0. The predicted octanol–water partition coefficient (Wildman–Crippen LogP) is 2.39. The lowest BCUT2D eigenvalue weighted by Gasteiger charge is -2.10. The first-order chi connectivity index (χ1) is 9.38. The highest BCUT2D eigenvalue weighted by atomic mass is 32.2. The van der Waals surface area contributed by atoms with Crippen LogP contribution in [0.25, 0.3) is 0 Å². The zero-order valence-corrected chi connectivity index (χ0v) is 13.7. The quantitative estimate of drug-likeness (QED) is 0.812. The fourth-order valence-corrected chi connectivity index (χ4v) is 4.93. The van der Waals surface area contributed by atoms with E-state index in [1.165, 1.54) is 12.8 Å². The minimum Gasteiger partial charge on any atom is -0.309 e. The molecule has 1 aromatic heterocycles. The van der Waals surface area contributed by atoms with Gasteiger partial charge in [-0.1, -0.05) is 6.92 Å². The Morgan fingerprint density at radius 1 is 1.40 bits per heavy atom. The molecule has 0 spiro atoms. The fourth-order valence-electron chi connectivity index (χ4n) is 2.15. The van der Waals surface area contributed by atoms with Crippen molar-refractivity contribution in [2.24, 2.45) is 5.41 Å². The number of rotatable bonds is 7. The van der Waals surface area contributed by atoms with Gasteiger partial charge in [0.2, 0.25) is 10.0 Å². The number of nitrogens with one attached hydrogen (secondary N) is 2. The highest BCUT2D eigenvalue weighted by molar-refractivity contribution is 7.89. The molecule has 0 atom stereocenters. The van der Waals surface area contributed by atoms with E-state index in [0.717, 1.165) is 29.1 Å². The van der Waals surface area contributed by atoms with E-state index in [9.17, 15) is 8.42 Å². The second-order valence-corrected chi connectivity index (χ2v) is 9.50. The molecule has 0 aliphatic heterocycles. The minimum atomic E-state index is -3.35. The maximum absolute atomic E-state index is 12.4. The summed E-state index contributed by atoms with van der Waals surface area (Å²) in [5, 5.41) is 3.43. The lowest BCUT2D eigenvalue weighted by atomic mass is 10.2. The predicted molar refractivity (Wildman–Crippen MR) is 81.4 cm³/mol. The van der Waals surface area contributed by atoms with Gasteiger partial charge in [-0.05, 0) is 44.1 Å². The van der Waals surface area contributed by atoms with Crippen molar-refractivity contribution >= 4 is 21.4 Å². The Kier molecular flexibility index (Phi) is 3.69. The number of sulfonamides is 1. The molecule has 6 heteroatoms. The zero-order chi connectivity index (χ0) is 14.4. The highest BCUT2D eigenvalue weighted by Crippen LogP contribution is 2.44. The van der Waals surface area contributed by atoms with Gasteiger partial charge in [0, 0.05) is 28.9 Å². The van der Waals surface area contributed by atoms with Gasteiger partial charge < -0.3 is 5.32 Å². The van der Waals surface area contributed by atoms with Gasteiger partial charge in [-0.25, -0.2) is 13.1 Å². The van der Waals surface area contributed by atoms with E-state index >= 15 is 0 Å². The molecular formula is C14H22N2O2S2. The Hall–Kier alpha value is -0.430. The zero-order valence-electron chi connectivity index (χ0n) is 12.0. The van der Waals surface area contributed by atoms with Crippen molar-refractivity contribution in [3.05, 3.63) is 15.8 Å². The second kappa shape index (κ2) is 5.09. The number of hydrogen-bond acceptors (Lipinski definition) is 4. The van der Waals surface area contributed by atoms with Crippen molar-refractivity contribution in [1.29, 1.82) is 0 Å². The first-order valence-electron chi connectivity index (χ1n) is 7.20. The number of thiophene rings is 1. The van der Waals surface area contributed by atoms with Crippen molar-refractivity contribution < 1.29 is 8.42 Å². The topological polar surface area (TPSA) is 58.2 Å². The smallest absolute Gasteiger partial charge is 0.241 e. The van der Waals surface area contributed by atoms with Crippen LogP contribution in [0.1, 0.15) is 42.4 Å². The molecule has 2 fully saturated rings. The molecule has 2 N–H and O–H groups in total. The molecule has 2 aliphatic rings. The number of hydrogen-bond donors (Lipinski definition) is 2. The Morgan fingerprint density at radius 2 is 2.10 bits per heavy atom. The molecule has 3 rings (SSSR count). The standard InChI is InChI=1S/C14H22N2O2S2/c1-10-13(7-12(19-10)8-15-11-3-4-11)20(17,18)16-9-14(2)5-6-14/h7,11,15-16H,3-6,8-9H2,1-2H3. The van der Waals surface area contributed by atoms with Crippen LogP contribution in [0.5, 0.6) is 0 Å². The third kappa shape index (κ3) is 3.42. The van der Waals surface area contributed by atoms with E-state index in [4.69, 9.17) is 0 Å². The monoisotopic (exact) mass is 314 g/mol. The van der Waals surface area contributed by atoms with E-state index in [0.29, 0.717) is 17.5 Å². The minimum absolute atomic E-state index is 0.188. The Labute approximate surface area is 125 Å². The summed E-state index contributed by atoms with van der Waals surface area (Å²) in [4.78, 5) is 2.44. The Balaban J connectivity index is 1.67. The molecule has 2 saturated carbocycles. The van der Waals surface area contributed by atoms with E-state index < -0.39 is 10.0 Å². The van der Waals surface area contributed by atoms with Crippen molar-refractivity contribution in [3.8, 4) is 0 Å². The molecule has 2 aliphatic carbocycles. The van der Waals surface area contributed by atoms with E-state index in [1.807, 2.05) is 13.0 Å². The average molecular weight is 314 g/mol. The Bertz CT molecular complexity index is 599. The molecule has 4 nitrogen and oxygen atoms in total. The van der Waals surface area contributed by atoms with Gasteiger partial charge in [0.1, 0.15) is 0 Å². The molecule has 1 aromatic rings. The molecule has 20 heavy (non-hydrogen) atoms. The second-order valence-electron chi connectivity index (χ2n) is 6.42. The summed E-state index contributed by atoms with van der Waals surface area (Å²) >= 11 is 1.58. The first-order valence-corrected chi connectivity index (χ1v) is 9.50. The summed E-state index contributed by atoms with van der Waals surface area (Å²) in [6.07, 6.45) is 4.73. The van der Waals surface area contributed by atoms with E-state index in [1.54, 1.807) is 11.3 Å². The van der Waals surface area contributed by atoms with Gasteiger partial charge in [-0.3, -0.25) is 0 Å². The van der Waals surface area contributed by atoms with Crippen LogP contribution in [0.2, 0.25) is 0 Å². The molecule has 0 bridgehead atoms. The summed E-state index contributed by atoms with van der Waals surface area (Å²) in [6, 6.07) is 2.47. The van der Waals surface area contributed by atoms with Gasteiger partial charge in [-0.15, -0.1) is 11.3 Å². The van der Waals surface area contributed by atoms with Gasteiger partial charge in [0.05, 0.1) is 4.90 Å². The van der Waals surface area contributed by atoms with E-state index in [2.05, 4.69) is 17.0 Å². The lowest BCUT2D eigenvalue weighted by molar-refractivity contribution is 0.530. The maximum Gasteiger partial charge on any atom is 0.241 e.